The van der Waals surface area contributed by atoms with E-state index in [1.807, 2.05) is 32.0 Å². The van der Waals surface area contributed by atoms with Gasteiger partial charge in [0.05, 0.1) is 11.3 Å². The van der Waals surface area contributed by atoms with Gasteiger partial charge in [-0.25, -0.2) is 9.97 Å². The van der Waals surface area contributed by atoms with E-state index in [1.54, 1.807) is 13.8 Å². The second-order valence-electron chi connectivity index (χ2n) is 5.79. The Kier molecular flexibility index (Phi) is 5.63. The predicted octanol–water partition coefficient (Wildman–Crippen LogP) is 2.47. The Hall–Kier alpha value is -2.76. The quantitative estimate of drug-likeness (QED) is 0.884. The van der Waals surface area contributed by atoms with Gasteiger partial charge in [0.15, 0.2) is 0 Å². The third-order valence-corrected chi connectivity index (χ3v) is 3.65. The Morgan fingerprint density at radius 2 is 1.88 bits per heavy atom. The van der Waals surface area contributed by atoms with Crippen molar-refractivity contribution in [1.29, 1.82) is 0 Å². The highest BCUT2D eigenvalue weighted by molar-refractivity contribution is 5.96. The van der Waals surface area contributed by atoms with Gasteiger partial charge in [-0.1, -0.05) is 12.1 Å². The van der Waals surface area contributed by atoms with Crippen LogP contribution in [0.4, 0.5) is 5.69 Å². The number of carbonyl (C=O) groups is 2. The largest absolute Gasteiger partial charge is 0.351 e. The van der Waals surface area contributed by atoms with Crippen LogP contribution in [-0.2, 0) is 4.79 Å². The number of aromatic nitrogens is 2. The summed E-state index contributed by atoms with van der Waals surface area (Å²) >= 11 is 0. The molecule has 0 unspecified atom stereocenters. The van der Waals surface area contributed by atoms with Crippen molar-refractivity contribution in [3.8, 4) is 0 Å². The zero-order valence-corrected chi connectivity index (χ0v) is 14.4. The smallest absolute Gasteiger partial charge is 0.254 e. The van der Waals surface area contributed by atoms with Gasteiger partial charge in [-0.3, -0.25) is 9.59 Å². The van der Waals surface area contributed by atoms with Gasteiger partial charge in [0.25, 0.3) is 5.91 Å². The van der Waals surface area contributed by atoms with E-state index in [2.05, 4.69) is 20.6 Å². The van der Waals surface area contributed by atoms with E-state index in [0.717, 1.165) is 16.8 Å². The molecule has 0 spiro atoms. The van der Waals surface area contributed by atoms with E-state index >= 15 is 0 Å². The van der Waals surface area contributed by atoms with Crippen LogP contribution in [0.1, 0.15) is 39.4 Å². The number of anilines is 1. The van der Waals surface area contributed by atoms with Crippen LogP contribution in [0.25, 0.3) is 0 Å². The molecule has 0 atom stereocenters. The lowest BCUT2D eigenvalue weighted by atomic mass is 10.1. The van der Waals surface area contributed by atoms with Crippen LogP contribution >= 0.6 is 0 Å². The highest BCUT2D eigenvalue weighted by atomic mass is 16.2. The summed E-state index contributed by atoms with van der Waals surface area (Å²) in [6.45, 7) is 7.70. The summed E-state index contributed by atoms with van der Waals surface area (Å²) in [6, 6.07) is 5.89. The minimum Gasteiger partial charge on any atom is -0.351 e. The summed E-state index contributed by atoms with van der Waals surface area (Å²) < 4.78 is 0. The van der Waals surface area contributed by atoms with Crippen molar-refractivity contribution >= 4 is 17.5 Å². The second-order valence-corrected chi connectivity index (χ2v) is 5.79. The summed E-state index contributed by atoms with van der Waals surface area (Å²) in [5.41, 5.74) is 3.94. The summed E-state index contributed by atoms with van der Waals surface area (Å²) in [4.78, 5) is 32.3. The zero-order valence-electron chi connectivity index (χ0n) is 14.4. The van der Waals surface area contributed by atoms with Crippen molar-refractivity contribution in [3.05, 3.63) is 52.6 Å². The summed E-state index contributed by atoms with van der Waals surface area (Å²) in [7, 11) is 0. The standard InChI is InChI=1S/C18H22N4O2/c1-11-5-6-12(2)16(9-11)22-17(23)7-8-19-18(24)15-10-20-14(4)21-13(15)3/h5-6,9-10H,7-8H2,1-4H3,(H,19,24)(H,22,23). The fraction of sp³-hybridized carbons (Fsp3) is 0.333. The first-order valence-corrected chi connectivity index (χ1v) is 7.82. The molecule has 1 aromatic heterocycles. The molecular weight excluding hydrogens is 304 g/mol. The first kappa shape index (κ1) is 17.6. The van der Waals surface area contributed by atoms with E-state index in [1.165, 1.54) is 6.20 Å². The molecule has 0 saturated carbocycles. The normalized spacial score (nSPS) is 10.3. The fourth-order valence-electron chi connectivity index (χ4n) is 2.27. The second kappa shape index (κ2) is 7.68. The molecule has 24 heavy (non-hydrogen) atoms. The molecule has 0 bridgehead atoms. The number of benzene rings is 1. The van der Waals surface area contributed by atoms with Gasteiger partial charge in [0.2, 0.25) is 5.91 Å². The van der Waals surface area contributed by atoms with Gasteiger partial charge in [0, 0.05) is 24.8 Å². The van der Waals surface area contributed by atoms with Crippen LogP contribution in [-0.4, -0.2) is 28.3 Å². The third-order valence-electron chi connectivity index (χ3n) is 3.65. The molecule has 0 aliphatic rings. The van der Waals surface area contributed by atoms with Gasteiger partial charge in [-0.05, 0) is 44.9 Å². The van der Waals surface area contributed by atoms with Crippen LogP contribution in [0.2, 0.25) is 0 Å². The first-order chi connectivity index (χ1) is 11.4. The van der Waals surface area contributed by atoms with Crippen molar-refractivity contribution in [1.82, 2.24) is 15.3 Å². The molecule has 6 nitrogen and oxygen atoms in total. The van der Waals surface area contributed by atoms with E-state index in [4.69, 9.17) is 0 Å². The number of nitrogens with zero attached hydrogens (tertiary/aromatic N) is 2. The van der Waals surface area contributed by atoms with E-state index in [-0.39, 0.29) is 24.8 Å². The summed E-state index contributed by atoms with van der Waals surface area (Å²) in [5.74, 6) is 0.213. The minimum absolute atomic E-state index is 0.138. The Balaban J connectivity index is 1.86. The van der Waals surface area contributed by atoms with Crippen molar-refractivity contribution in [2.45, 2.75) is 34.1 Å². The third kappa shape index (κ3) is 4.62. The van der Waals surface area contributed by atoms with Gasteiger partial charge < -0.3 is 10.6 Å². The van der Waals surface area contributed by atoms with Crippen molar-refractivity contribution in [3.63, 3.8) is 0 Å². The lowest BCUT2D eigenvalue weighted by molar-refractivity contribution is -0.116. The van der Waals surface area contributed by atoms with Crippen molar-refractivity contribution in [2.24, 2.45) is 0 Å². The number of aryl methyl sites for hydroxylation is 4. The molecular formula is C18H22N4O2. The molecule has 6 heteroatoms. The van der Waals surface area contributed by atoms with Crippen LogP contribution < -0.4 is 10.6 Å². The summed E-state index contributed by atoms with van der Waals surface area (Å²) in [6.07, 6.45) is 1.70. The number of amides is 2. The van der Waals surface area contributed by atoms with Gasteiger partial charge in [-0.15, -0.1) is 0 Å². The molecule has 0 aliphatic carbocycles. The van der Waals surface area contributed by atoms with Gasteiger partial charge >= 0.3 is 0 Å². The maximum atomic E-state index is 12.1. The van der Waals surface area contributed by atoms with E-state index < -0.39 is 0 Å². The zero-order chi connectivity index (χ0) is 17.7. The number of hydrogen-bond donors (Lipinski definition) is 2. The molecule has 2 aromatic rings. The molecule has 0 radical (unpaired) electrons. The van der Waals surface area contributed by atoms with Crippen LogP contribution in [0.5, 0.6) is 0 Å². The predicted molar refractivity (Wildman–Crippen MR) is 93.0 cm³/mol. The lowest BCUT2D eigenvalue weighted by Crippen LogP contribution is -2.28. The Morgan fingerprint density at radius 3 is 2.58 bits per heavy atom. The maximum absolute atomic E-state index is 12.1. The Labute approximate surface area is 141 Å². The molecule has 1 aromatic carbocycles. The number of hydrogen-bond acceptors (Lipinski definition) is 4. The van der Waals surface area contributed by atoms with Crippen LogP contribution in [0.15, 0.2) is 24.4 Å². The highest BCUT2D eigenvalue weighted by Gasteiger charge is 2.11. The molecule has 126 valence electrons. The van der Waals surface area contributed by atoms with Crippen molar-refractivity contribution < 1.29 is 9.59 Å². The molecule has 0 fully saturated rings. The summed E-state index contributed by atoms with van der Waals surface area (Å²) in [5, 5.41) is 5.59. The lowest BCUT2D eigenvalue weighted by Gasteiger charge is -2.10. The monoisotopic (exact) mass is 326 g/mol. The number of carbonyl (C=O) groups excluding carboxylic acids is 2. The molecule has 1 heterocycles. The van der Waals surface area contributed by atoms with Gasteiger partial charge in [-0.2, -0.15) is 0 Å². The first-order valence-electron chi connectivity index (χ1n) is 7.82. The Morgan fingerprint density at radius 1 is 1.12 bits per heavy atom. The number of rotatable bonds is 5. The van der Waals surface area contributed by atoms with Crippen LogP contribution in [0, 0.1) is 27.7 Å². The topological polar surface area (TPSA) is 84.0 Å². The van der Waals surface area contributed by atoms with E-state index in [0.29, 0.717) is 17.1 Å². The van der Waals surface area contributed by atoms with Gasteiger partial charge in [0.1, 0.15) is 5.82 Å². The molecule has 2 N–H and O–H groups in total. The number of nitrogens with one attached hydrogen (secondary N) is 2. The average Bonchev–Trinajstić information content (AvgIpc) is 2.50. The van der Waals surface area contributed by atoms with E-state index in [9.17, 15) is 9.59 Å². The SMILES string of the molecule is Cc1ccc(C)c(NC(=O)CCNC(=O)c2cnc(C)nc2C)c1. The minimum atomic E-state index is -0.271. The molecule has 0 saturated heterocycles. The molecule has 2 amide bonds. The Bertz CT molecular complexity index is 772. The molecule has 0 aliphatic heterocycles. The van der Waals surface area contributed by atoms with Crippen molar-refractivity contribution in [2.75, 3.05) is 11.9 Å². The fourth-order valence-corrected chi connectivity index (χ4v) is 2.27. The maximum Gasteiger partial charge on any atom is 0.254 e. The average molecular weight is 326 g/mol. The highest BCUT2D eigenvalue weighted by Crippen LogP contribution is 2.16. The molecule has 2 rings (SSSR count). The van der Waals surface area contributed by atoms with Crippen LogP contribution in [0.3, 0.4) is 0 Å².